The molecule has 0 saturated heterocycles. The van der Waals surface area contributed by atoms with Crippen LogP contribution < -0.4 is 4.90 Å². The van der Waals surface area contributed by atoms with Gasteiger partial charge in [0.25, 0.3) is 0 Å². The molecule has 10 aromatic rings. The van der Waals surface area contributed by atoms with Gasteiger partial charge in [0.1, 0.15) is 5.58 Å². The Morgan fingerprint density at radius 1 is 0.346 bits per heavy atom. The molecule has 1 heterocycles. The van der Waals surface area contributed by atoms with Crippen molar-refractivity contribution in [3.8, 4) is 44.5 Å². The molecule has 0 fully saturated rings. The maximum Gasteiger partial charge on any atom is 0.136 e. The second-order valence-corrected chi connectivity index (χ2v) is 13.7. The summed E-state index contributed by atoms with van der Waals surface area (Å²) in [6, 6.07) is 66.2. The quantitative estimate of drug-likeness (QED) is 0.182. The summed E-state index contributed by atoms with van der Waals surface area (Å²) in [4.78, 5) is 2.44. The van der Waals surface area contributed by atoms with E-state index in [1.165, 1.54) is 65.7 Å². The molecular formula is C50H31NO. The summed E-state index contributed by atoms with van der Waals surface area (Å²) in [6.45, 7) is 0. The SMILES string of the molecule is c1ccc(-c2ccc3cc4c(cc3c2)-c2cc3cc(N(c5cccc6ccccc56)c5c(-c6ccccc6)ccc6occc56)ccc3cc2-4)cc1. The predicted octanol–water partition coefficient (Wildman–Crippen LogP) is 14.3. The van der Waals surface area contributed by atoms with Crippen molar-refractivity contribution >= 4 is 60.3 Å². The van der Waals surface area contributed by atoms with E-state index in [0.717, 1.165) is 39.2 Å². The van der Waals surface area contributed by atoms with Crippen LogP contribution in [0, 0.1) is 0 Å². The molecule has 0 saturated carbocycles. The lowest BCUT2D eigenvalue weighted by atomic mass is 9.77. The van der Waals surface area contributed by atoms with Gasteiger partial charge in [-0.2, -0.15) is 0 Å². The van der Waals surface area contributed by atoms with Crippen LogP contribution in [0.25, 0.3) is 87.8 Å². The number of anilines is 3. The highest BCUT2D eigenvalue weighted by Crippen LogP contribution is 2.52. The van der Waals surface area contributed by atoms with Gasteiger partial charge in [0, 0.05) is 22.0 Å². The van der Waals surface area contributed by atoms with Gasteiger partial charge in [-0.25, -0.2) is 0 Å². The lowest BCUT2D eigenvalue weighted by Crippen LogP contribution is -2.12. The minimum atomic E-state index is 0.862. The minimum Gasteiger partial charge on any atom is -0.464 e. The van der Waals surface area contributed by atoms with E-state index in [1.807, 2.05) is 0 Å². The lowest BCUT2D eigenvalue weighted by Gasteiger charge is -2.30. The van der Waals surface area contributed by atoms with Gasteiger partial charge in [-0.3, -0.25) is 0 Å². The summed E-state index contributed by atoms with van der Waals surface area (Å²) in [5.41, 5.74) is 14.3. The minimum absolute atomic E-state index is 0.862. The van der Waals surface area contributed by atoms with E-state index >= 15 is 0 Å². The van der Waals surface area contributed by atoms with Crippen LogP contribution in [0.5, 0.6) is 0 Å². The number of hydrogen-bond acceptors (Lipinski definition) is 2. The van der Waals surface area contributed by atoms with Crippen LogP contribution in [0.3, 0.4) is 0 Å². The average molecular weight is 662 g/mol. The third kappa shape index (κ3) is 4.44. The fourth-order valence-corrected chi connectivity index (χ4v) is 8.27. The molecule has 1 aliphatic carbocycles. The fourth-order valence-electron chi connectivity index (χ4n) is 8.27. The highest BCUT2D eigenvalue weighted by atomic mass is 16.3. The largest absolute Gasteiger partial charge is 0.464 e. The van der Waals surface area contributed by atoms with Crippen LogP contribution in [0.15, 0.2) is 193 Å². The molecule has 0 amide bonds. The van der Waals surface area contributed by atoms with Crippen molar-refractivity contribution < 1.29 is 4.42 Å². The van der Waals surface area contributed by atoms with Crippen molar-refractivity contribution in [2.45, 2.75) is 0 Å². The van der Waals surface area contributed by atoms with Crippen molar-refractivity contribution in [1.82, 2.24) is 0 Å². The fraction of sp³-hybridized carbons (Fsp3) is 0. The number of fused-ring (bicyclic) bond motifs is 8. The van der Waals surface area contributed by atoms with Gasteiger partial charge in [-0.1, -0.05) is 115 Å². The Hall–Kier alpha value is -6.90. The molecule has 242 valence electrons. The molecule has 2 heteroatoms. The van der Waals surface area contributed by atoms with Crippen molar-refractivity contribution in [3.05, 3.63) is 188 Å². The van der Waals surface area contributed by atoms with E-state index < -0.39 is 0 Å². The van der Waals surface area contributed by atoms with Crippen molar-refractivity contribution in [2.24, 2.45) is 0 Å². The Bertz CT molecular complexity index is 3010. The summed E-state index contributed by atoms with van der Waals surface area (Å²) in [7, 11) is 0. The summed E-state index contributed by atoms with van der Waals surface area (Å²) in [5.74, 6) is 0. The van der Waals surface area contributed by atoms with E-state index in [9.17, 15) is 0 Å². The van der Waals surface area contributed by atoms with Gasteiger partial charge in [-0.05, 0) is 133 Å². The summed E-state index contributed by atoms with van der Waals surface area (Å²) in [5, 5.41) is 8.45. The van der Waals surface area contributed by atoms with Crippen molar-refractivity contribution in [3.63, 3.8) is 0 Å². The molecule has 0 aliphatic heterocycles. The highest BCUT2D eigenvalue weighted by molar-refractivity contribution is 6.14. The molecule has 2 nitrogen and oxygen atoms in total. The van der Waals surface area contributed by atoms with E-state index in [0.29, 0.717) is 0 Å². The van der Waals surface area contributed by atoms with Crippen molar-refractivity contribution in [2.75, 3.05) is 4.90 Å². The van der Waals surface area contributed by atoms with Gasteiger partial charge in [0.15, 0.2) is 0 Å². The number of rotatable bonds is 5. The molecule has 0 bridgehead atoms. The molecule has 1 aliphatic rings. The molecule has 0 unspecified atom stereocenters. The van der Waals surface area contributed by atoms with E-state index in [4.69, 9.17) is 4.42 Å². The Kier molecular flexibility index (Phi) is 6.28. The zero-order valence-electron chi connectivity index (χ0n) is 28.3. The van der Waals surface area contributed by atoms with Crippen molar-refractivity contribution in [1.29, 1.82) is 0 Å². The smallest absolute Gasteiger partial charge is 0.136 e. The first-order valence-electron chi connectivity index (χ1n) is 17.8. The van der Waals surface area contributed by atoms with Crippen LogP contribution in [0.2, 0.25) is 0 Å². The molecule has 0 spiro atoms. The third-order valence-corrected chi connectivity index (χ3v) is 10.8. The molecule has 11 rings (SSSR count). The van der Waals surface area contributed by atoms with E-state index in [1.54, 1.807) is 6.26 Å². The first-order chi connectivity index (χ1) is 25.8. The van der Waals surface area contributed by atoms with Gasteiger partial charge >= 0.3 is 0 Å². The van der Waals surface area contributed by atoms with Gasteiger partial charge in [0.05, 0.1) is 17.6 Å². The first-order valence-corrected chi connectivity index (χ1v) is 17.8. The molecule has 9 aromatic carbocycles. The predicted molar refractivity (Wildman–Crippen MR) is 219 cm³/mol. The Morgan fingerprint density at radius 2 is 0.981 bits per heavy atom. The van der Waals surface area contributed by atoms with Gasteiger partial charge in [0.2, 0.25) is 0 Å². The normalized spacial score (nSPS) is 11.8. The van der Waals surface area contributed by atoms with Gasteiger partial charge in [-0.15, -0.1) is 0 Å². The number of benzene rings is 9. The zero-order valence-corrected chi connectivity index (χ0v) is 28.3. The number of hydrogen-bond donors (Lipinski definition) is 0. The average Bonchev–Trinajstić information content (AvgIpc) is 3.70. The molecule has 52 heavy (non-hydrogen) atoms. The van der Waals surface area contributed by atoms with E-state index in [-0.39, 0.29) is 0 Å². The van der Waals surface area contributed by atoms with E-state index in [2.05, 4.69) is 187 Å². The Balaban J connectivity index is 1.11. The van der Waals surface area contributed by atoms with Gasteiger partial charge < -0.3 is 9.32 Å². The summed E-state index contributed by atoms with van der Waals surface area (Å²) in [6.07, 6.45) is 1.80. The van der Waals surface area contributed by atoms with Crippen LogP contribution >= 0.6 is 0 Å². The zero-order chi connectivity index (χ0) is 34.2. The second-order valence-electron chi connectivity index (χ2n) is 13.7. The monoisotopic (exact) mass is 661 g/mol. The highest BCUT2D eigenvalue weighted by Gasteiger charge is 2.26. The molecular weight excluding hydrogens is 631 g/mol. The topological polar surface area (TPSA) is 16.4 Å². The maximum absolute atomic E-state index is 6.04. The van der Waals surface area contributed by atoms with Crippen LogP contribution in [0.4, 0.5) is 17.1 Å². The van der Waals surface area contributed by atoms with Crippen LogP contribution in [-0.2, 0) is 0 Å². The molecule has 0 N–H and O–H groups in total. The Morgan fingerprint density at radius 3 is 1.75 bits per heavy atom. The first kappa shape index (κ1) is 28.9. The van der Waals surface area contributed by atoms with Crippen LogP contribution in [-0.4, -0.2) is 0 Å². The standard InChI is InChI=1S/C50H31NO/c1-3-10-32(11-4-1)35-18-19-36-28-44-45-29-37-20-21-40(27-39(37)31-47(45)46(44)30-38(36)26-35)51(48-17-9-15-33-14-7-8-16-41(33)48)50-42(34-12-5-2-6-13-34)22-23-49-43(50)24-25-52-49/h1-31H. The summed E-state index contributed by atoms with van der Waals surface area (Å²) < 4.78 is 6.04. The number of furan rings is 1. The van der Waals surface area contributed by atoms with Crippen LogP contribution in [0.1, 0.15) is 0 Å². The number of nitrogens with zero attached hydrogens (tertiary/aromatic N) is 1. The molecule has 0 atom stereocenters. The molecule has 1 aromatic heterocycles. The Labute approximate surface area is 301 Å². The lowest BCUT2D eigenvalue weighted by molar-refractivity contribution is 0.616. The second kappa shape index (κ2) is 11.3. The maximum atomic E-state index is 6.04. The third-order valence-electron chi connectivity index (χ3n) is 10.8. The summed E-state index contributed by atoms with van der Waals surface area (Å²) >= 11 is 0. The molecule has 0 radical (unpaired) electrons.